The summed E-state index contributed by atoms with van der Waals surface area (Å²) in [5, 5.41) is 47.1. The molecule has 4 N–H and O–H groups in total. The molecule has 1 aliphatic heterocycles. The van der Waals surface area contributed by atoms with Crippen LogP contribution in [0.4, 0.5) is 0 Å². The van der Waals surface area contributed by atoms with Crippen molar-refractivity contribution in [1.82, 2.24) is 0 Å². The van der Waals surface area contributed by atoms with Crippen LogP contribution >= 0.6 is 0 Å². The van der Waals surface area contributed by atoms with Gasteiger partial charge in [0.15, 0.2) is 5.60 Å². The van der Waals surface area contributed by atoms with Crippen LogP contribution in [0.1, 0.15) is 64.7 Å². The van der Waals surface area contributed by atoms with Gasteiger partial charge >= 0.3 is 17.9 Å². The minimum absolute atomic E-state index is 0.00555. The Balaban J connectivity index is 1.80. The summed E-state index contributed by atoms with van der Waals surface area (Å²) >= 11 is 0. The van der Waals surface area contributed by atoms with E-state index in [2.05, 4.69) is 0 Å². The maximum atomic E-state index is 13.4. The average molecular weight is 589 g/mol. The first-order valence-electron chi connectivity index (χ1n) is 14.2. The van der Waals surface area contributed by atoms with E-state index >= 15 is 0 Å². The fourth-order valence-corrected chi connectivity index (χ4v) is 8.35. The van der Waals surface area contributed by atoms with Crippen molar-refractivity contribution in [3.05, 3.63) is 47.0 Å². The summed E-state index contributed by atoms with van der Waals surface area (Å²) in [5.74, 6) is -3.22. The van der Waals surface area contributed by atoms with Gasteiger partial charge in [-0.15, -0.1) is 0 Å². The highest BCUT2D eigenvalue weighted by atomic mass is 16.6. The zero-order valence-corrected chi connectivity index (χ0v) is 24.7. The Morgan fingerprint density at radius 2 is 1.67 bits per heavy atom. The molecular weight excluding hydrogens is 548 g/mol. The van der Waals surface area contributed by atoms with E-state index in [0.29, 0.717) is 5.57 Å². The highest BCUT2D eigenvalue weighted by molar-refractivity contribution is 5.89. The largest absolute Gasteiger partial charge is 0.461 e. The van der Waals surface area contributed by atoms with Crippen molar-refractivity contribution >= 4 is 17.9 Å². The quantitative estimate of drug-likeness (QED) is 0.223. The summed E-state index contributed by atoms with van der Waals surface area (Å²) in [6, 6.07) is 8.27. The molecule has 230 valence electrons. The second-order valence-electron chi connectivity index (χ2n) is 13.0. The normalized spacial score (nSPS) is 41.0. The minimum atomic E-state index is -1.74. The first-order chi connectivity index (χ1) is 19.5. The number of ether oxygens (including phenoxy) is 4. The molecule has 1 heterocycles. The average Bonchev–Trinajstić information content (AvgIpc) is 3.15. The Hall–Kier alpha value is -2.83. The SMILES string of the molecule is CC(=O)O[C@@H]1[C@@H]2[C@]3(OC(C)=O)CO[C@@H]3C[C@H](OC(=O)c3ccccc3)[C@@]2(C)[C@@H](O)[C@H](O)C2=C(C)[C@@H](O)C[C@]21C(C)(C)O. The van der Waals surface area contributed by atoms with Crippen LogP contribution in [0, 0.1) is 16.7 Å². The first-order valence-corrected chi connectivity index (χ1v) is 14.2. The molecule has 0 radical (unpaired) electrons. The van der Waals surface area contributed by atoms with Gasteiger partial charge in [-0.05, 0) is 50.5 Å². The van der Waals surface area contributed by atoms with E-state index in [-0.39, 0.29) is 30.6 Å². The third-order valence-corrected chi connectivity index (χ3v) is 10.3. The third-order valence-electron chi connectivity index (χ3n) is 10.3. The molecule has 10 atom stereocenters. The molecule has 2 saturated carbocycles. The molecule has 0 bridgehead atoms. The molecule has 0 spiro atoms. The highest BCUT2D eigenvalue weighted by Crippen LogP contribution is 2.68. The number of aliphatic hydroxyl groups is 4. The summed E-state index contributed by atoms with van der Waals surface area (Å²) < 4.78 is 24.1. The zero-order chi connectivity index (χ0) is 31.0. The van der Waals surface area contributed by atoms with Gasteiger partial charge in [0, 0.05) is 25.7 Å². The van der Waals surface area contributed by atoms with Gasteiger partial charge in [0.25, 0.3) is 0 Å². The first kappa shape index (κ1) is 30.6. The molecule has 42 heavy (non-hydrogen) atoms. The molecule has 3 aliphatic carbocycles. The summed E-state index contributed by atoms with van der Waals surface area (Å²) in [7, 11) is 0. The van der Waals surface area contributed by atoms with Gasteiger partial charge < -0.3 is 39.4 Å². The van der Waals surface area contributed by atoms with Crippen LogP contribution in [0.2, 0.25) is 0 Å². The van der Waals surface area contributed by atoms with Crippen molar-refractivity contribution in [2.24, 2.45) is 16.7 Å². The Bertz CT molecular complexity index is 1300. The minimum Gasteiger partial charge on any atom is -0.461 e. The van der Waals surface area contributed by atoms with Crippen LogP contribution in [0.25, 0.3) is 0 Å². The van der Waals surface area contributed by atoms with Crippen LogP contribution in [0.3, 0.4) is 0 Å². The van der Waals surface area contributed by atoms with Gasteiger partial charge in [0.1, 0.15) is 24.4 Å². The number of esters is 3. The lowest BCUT2D eigenvalue weighted by molar-refractivity contribution is -0.351. The van der Waals surface area contributed by atoms with Crippen LogP contribution < -0.4 is 0 Å². The molecular formula is C31H40O11. The van der Waals surface area contributed by atoms with Crippen LogP contribution in [0.15, 0.2) is 41.5 Å². The van der Waals surface area contributed by atoms with E-state index in [1.54, 1.807) is 44.2 Å². The number of hydrogen-bond acceptors (Lipinski definition) is 11. The van der Waals surface area contributed by atoms with Gasteiger partial charge in [-0.1, -0.05) is 25.1 Å². The lowest BCUT2D eigenvalue weighted by atomic mass is 9.49. The molecule has 11 heteroatoms. The predicted octanol–water partition coefficient (Wildman–Crippen LogP) is 1.44. The fraction of sp³-hybridized carbons (Fsp3) is 0.645. The molecule has 1 aromatic rings. The lowest BCUT2D eigenvalue weighted by Crippen LogP contribution is -2.79. The van der Waals surface area contributed by atoms with Crippen molar-refractivity contribution in [2.45, 2.75) is 102 Å². The molecule has 11 nitrogen and oxygen atoms in total. The van der Waals surface area contributed by atoms with E-state index in [4.69, 9.17) is 18.9 Å². The molecule has 0 amide bonds. The second kappa shape index (κ2) is 10.1. The molecule has 4 aliphatic rings. The van der Waals surface area contributed by atoms with Crippen molar-refractivity contribution in [3.8, 4) is 0 Å². The van der Waals surface area contributed by atoms with E-state index in [1.807, 2.05) is 0 Å². The number of rotatable bonds is 5. The van der Waals surface area contributed by atoms with E-state index in [0.717, 1.165) is 0 Å². The predicted molar refractivity (Wildman–Crippen MR) is 146 cm³/mol. The molecule has 1 aromatic carbocycles. The van der Waals surface area contributed by atoms with E-state index in [1.165, 1.54) is 27.7 Å². The zero-order valence-electron chi connectivity index (χ0n) is 24.7. The Labute approximate surface area is 244 Å². The van der Waals surface area contributed by atoms with Gasteiger partial charge in [-0.3, -0.25) is 9.59 Å². The van der Waals surface area contributed by atoms with Crippen molar-refractivity contribution in [1.29, 1.82) is 0 Å². The summed E-state index contributed by atoms with van der Waals surface area (Å²) in [6.45, 7) is 8.47. The van der Waals surface area contributed by atoms with Crippen LogP contribution in [0.5, 0.6) is 0 Å². The monoisotopic (exact) mass is 588 g/mol. The van der Waals surface area contributed by atoms with E-state index < -0.39 is 82.5 Å². The standard InChI is InChI=1S/C31H40O11/c1-15-19(34)13-30(28(4,5)38)22(15)23(35)25(36)29(6)20(41-27(37)18-10-8-7-9-11-18)12-21-31(14-39-21,42-17(3)33)24(29)26(30)40-16(2)32/h7-11,19-21,23-26,34-36,38H,12-14H2,1-6H3/t19-,20-,21+,23+,24-,25-,26+,29+,30-,31-/m0/s1. The highest BCUT2D eigenvalue weighted by Gasteiger charge is 2.79. The number of aliphatic hydroxyl groups excluding tert-OH is 3. The van der Waals surface area contributed by atoms with Gasteiger partial charge in [-0.2, -0.15) is 0 Å². The van der Waals surface area contributed by atoms with Crippen molar-refractivity contribution < 1.29 is 53.8 Å². The lowest BCUT2D eigenvalue weighted by Gasteiger charge is -2.65. The number of fused-ring (bicyclic) bond motifs is 4. The molecule has 5 rings (SSSR count). The maximum Gasteiger partial charge on any atom is 0.338 e. The molecule has 3 fully saturated rings. The Kier molecular flexibility index (Phi) is 7.38. The van der Waals surface area contributed by atoms with Crippen LogP contribution in [-0.2, 0) is 28.5 Å². The summed E-state index contributed by atoms with van der Waals surface area (Å²) in [6.07, 6.45) is -7.94. The third kappa shape index (κ3) is 4.16. The Morgan fingerprint density at radius 3 is 2.19 bits per heavy atom. The number of carbonyl (C=O) groups is 3. The van der Waals surface area contributed by atoms with Crippen molar-refractivity contribution in [2.75, 3.05) is 6.61 Å². The molecule has 1 saturated heterocycles. The van der Waals surface area contributed by atoms with Crippen molar-refractivity contribution in [3.63, 3.8) is 0 Å². The van der Waals surface area contributed by atoms with Gasteiger partial charge in [0.05, 0.1) is 41.3 Å². The number of hydrogen-bond donors (Lipinski definition) is 4. The Morgan fingerprint density at radius 1 is 1.02 bits per heavy atom. The fourth-order valence-electron chi connectivity index (χ4n) is 8.35. The molecule has 0 unspecified atom stereocenters. The second-order valence-corrected chi connectivity index (χ2v) is 13.0. The van der Waals surface area contributed by atoms with Crippen LogP contribution in [-0.4, -0.2) is 92.8 Å². The van der Waals surface area contributed by atoms with Gasteiger partial charge in [0.2, 0.25) is 0 Å². The summed E-state index contributed by atoms with van der Waals surface area (Å²) in [4.78, 5) is 38.8. The number of benzene rings is 1. The topological polar surface area (TPSA) is 169 Å². The van der Waals surface area contributed by atoms with E-state index in [9.17, 15) is 34.8 Å². The number of carbonyl (C=O) groups excluding carboxylic acids is 3. The summed E-state index contributed by atoms with van der Waals surface area (Å²) in [5.41, 5.74) is -5.74. The molecule has 0 aromatic heterocycles. The van der Waals surface area contributed by atoms with Gasteiger partial charge in [-0.25, -0.2) is 4.79 Å². The maximum absolute atomic E-state index is 13.4. The smallest absolute Gasteiger partial charge is 0.338 e.